The molecule has 0 aromatic carbocycles. The Morgan fingerprint density at radius 1 is 1.18 bits per heavy atom. The number of hydrogen-bond donors (Lipinski definition) is 1. The predicted octanol–water partition coefficient (Wildman–Crippen LogP) is 1.02. The first-order valence-electron chi connectivity index (χ1n) is 6.95. The fourth-order valence-corrected chi connectivity index (χ4v) is 4.17. The number of carbonyl (C=O) groups is 1. The van der Waals surface area contributed by atoms with Gasteiger partial charge in [-0.05, 0) is 51.2 Å². The lowest BCUT2D eigenvalue weighted by Crippen LogP contribution is -2.65. The summed E-state index contributed by atoms with van der Waals surface area (Å²) in [4.78, 5) is 15.8. The summed E-state index contributed by atoms with van der Waals surface area (Å²) in [5.74, 6) is 0.174. The number of piperidine rings is 4. The zero-order valence-electron chi connectivity index (χ0n) is 10.3. The molecule has 0 saturated carbocycles. The van der Waals surface area contributed by atoms with E-state index in [1.54, 1.807) is 0 Å². The maximum atomic E-state index is 10.7. The van der Waals surface area contributed by atoms with Gasteiger partial charge in [0.2, 0.25) is 0 Å². The Morgan fingerprint density at radius 3 is 2.65 bits per heavy atom. The summed E-state index contributed by atoms with van der Waals surface area (Å²) >= 11 is 0. The summed E-state index contributed by atoms with van der Waals surface area (Å²) in [5, 5.41) is 8.83. The standard InChI is InChI=1S/C13H22N2O2/c16-12(17)5-9-15-6-1-2-11-13(15)10-3-7-14(11)8-4-10/h10-11,13H,1-9H2,(H,16,17). The molecule has 0 aliphatic carbocycles. The molecule has 0 aromatic heterocycles. The zero-order valence-corrected chi connectivity index (χ0v) is 10.3. The molecule has 4 nitrogen and oxygen atoms in total. The van der Waals surface area contributed by atoms with Crippen LogP contribution in [0.5, 0.6) is 0 Å². The van der Waals surface area contributed by atoms with Crippen molar-refractivity contribution < 1.29 is 9.90 Å². The van der Waals surface area contributed by atoms with Crippen LogP contribution < -0.4 is 0 Å². The Kier molecular flexibility index (Phi) is 3.09. The van der Waals surface area contributed by atoms with Crippen molar-refractivity contribution in [1.82, 2.24) is 9.80 Å². The van der Waals surface area contributed by atoms with Crippen LogP contribution in [-0.4, -0.2) is 59.1 Å². The molecule has 0 amide bonds. The Balaban J connectivity index is 1.70. The van der Waals surface area contributed by atoms with Crippen LogP contribution in [0.25, 0.3) is 0 Å². The largest absolute Gasteiger partial charge is 0.481 e. The second kappa shape index (κ2) is 4.58. The number of carboxylic acids is 1. The minimum Gasteiger partial charge on any atom is -0.481 e. The van der Waals surface area contributed by atoms with Crippen LogP contribution in [0, 0.1) is 5.92 Å². The van der Waals surface area contributed by atoms with Crippen molar-refractivity contribution >= 4 is 5.97 Å². The topological polar surface area (TPSA) is 43.8 Å². The van der Waals surface area contributed by atoms with Crippen molar-refractivity contribution in [3.05, 3.63) is 0 Å². The average Bonchev–Trinajstić information content (AvgIpc) is 2.37. The monoisotopic (exact) mass is 238 g/mol. The van der Waals surface area contributed by atoms with Gasteiger partial charge in [0.1, 0.15) is 0 Å². The molecule has 2 bridgehead atoms. The number of rotatable bonds is 3. The molecular weight excluding hydrogens is 216 g/mol. The van der Waals surface area contributed by atoms with Crippen molar-refractivity contribution in [2.45, 2.75) is 44.2 Å². The number of hydrogen-bond acceptors (Lipinski definition) is 3. The van der Waals surface area contributed by atoms with Crippen LogP contribution >= 0.6 is 0 Å². The van der Waals surface area contributed by atoms with Crippen LogP contribution in [-0.2, 0) is 4.79 Å². The first-order chi connectivity index (χ1) is 8.25. The van der Waals surface area contributed by atoms with E-state index in [-0.39, 0.29) is 0 Å². The minimum absolute atomic E-state index is 0.302. The molecule has 4 rings (SSSR count). The molecule has 4 saturated heterocycles. The Hall–Kier alpha value is -0.610. The van der Waals surface area contributed by atoms with E-state index in [0.29, 0.717) is 12.5 Å². The van der Waals surface area contributed by atoms with Crippen LogP contribution in [0.4, 0.5) is 0 Å². The van der Waals surface area contributed by atoms with Gasteiger partial charge in [0.05, 0.1) is 6.42 Å². The fourth-order valence-electron chi connectivity index (χ4n) is 4.17. The Labute approximate surface area is 103 Å². The highest BCUT2D eigenvalue weighted by molar-refractivity contribution is 5.66. The lowest BCUT2D eigenvalue weighted by Gasteiger charge is -2.57. The lowest BCUT2D eigenvalue weighted by atomic mass is 9.74. The number of carboxylic acid groups (broad SMARTS) is 1. The molecule has 96 valence electrons. The first kappa shape index (κ1) is 11.5. The highest BCUT2D eigenvalue weighted by Crippen LogP contribution is 2.39. The third kappa shape index (κ3) is 2.08. The molecule has 0 aromatic rings. The second-order valence-corrected chi connectivity index (χ2v) is 5.75. The van der Waals surface area contributed by atoms with Crippen molar-refractivity contribution in [1.29, 1.82) is 0 Å². The maximum absolute atomic E-state index is 10.7. The highest BCUT2D eigenvalue weighted by Gasteiger charge is 2.46. The summed E-state index contributed by atoms with van der Waals surface area (Å²) in [5.41, 5.74) is 0. The fraction of sp³-hybridized carbons (Fsp3) is 0.923. The van der Waals surface area contributed by atoms with Crippen molar-refractivity contribution in [2.24, 2.45) is 5.92 Å². The van der Waals surface area contributed by atoms with Gasteiger partial charge in [-0.2, -0.15) is 0 Å². The van der Waals surface area contributed by atoms with Gasteiger partial charge in [0, 0.05) is 18.6 Å². The molecule has 2 atom stereocenters. The summed E-state index contributed by atoms with van der Waals surface area (Å²) in [6.45, 7) is 4.41. The molecule has 4 aliphatic heterocycles. The molecule has 0 radical (unpaired) electrons. The van der Waals surface area contributed by atoms with Gasteiger partial charge >= 0.3 is 5.97 Å². The number of fused-ring (bicyclic) bond motifs is 2. The second-order valence-electron chi connectivity index (χ2n) is 5.75. The third-order valence-electron chi connectivity index (χ3n) is 4.90. The molecule has 2 unspecified atom stereocenters. The lowest BCUT2D eigenvalue weighted by molar-refractivity contribution is -0.138. The smallest absolute Gasteiger partial charge is 0.304 e. The van der Waals surface area contributed by atoms with Gasteiger partial charge in [0.25, 0.3) is 0 Å². The Morgan fingerprint density at radius 2 is 1.94 bits per heavy atom. The summed E-state index contributed by atoms with van der Waals surface area (Å²) in [6, 6.07) is 1.38. The maximum Gasteiger partial charge on any atom is 0.304 e. The first-order valence-corrected chi connectivity index (χ1v) is 6.95. The van der Waals surface area contributed by atoms with Gasteiger partial charge < -0.3 is 5.11 Å². The van der Waals surface area contributed by atoms with Gasteiger partial charge in [-0.1, -0.05) is 0 Å². The van der Waals surface area contributed by atoms with Gasteiger partial charge in [0.15, 0.2) is 0 Å². The van der Waals surface area contributed by atoms with E-state index in [0.717, 1.165) is 25.0 Å². The SMILES string of the molecule is O=C(O)CCN1CCCC2C1C1CCN2CC1. The number of aliphatic carboxylic acids is 1. The molecule has 4 heteroatoms. The van der Waals surface area contributed by atoms with E-state index in [4.69, 9.17) is 5.11 Å². The molecule has 17 heavy (non-hydrogen) atoms. The van der Waals surface area contributed by atoms with Crippen LogP contribution in [0.15, 0.2) is 0 Å². The van der Waals surface area contributed by atoms with E-state index >= 15 is 0 Å². The summed E-state index contributed by atoms with van der Waals surface area (Å²) in [6.07, 6.45) is 5.51. The van der Waals surface area contributed by atoms with Crippen molar-refractivity contribution in [2.75, 3.05) is 26.2 Å². The molecule has 1 N–H and O–H groups in total. The van der Waals surface area contributed by atoms with Gasteiger partial charge in [-0.15, -0.1) is 0 Å². The minimum atomic E-state index is -0.659. The molecular formula is C13H22N2O2. The van der Waals surface area contributed by atoms with Crippen LogP contribution in [0.2, 0.25) is 0 Å². The number of likely N-dealkylation sites (tertiary alicyclic amines) is 1. The van der Waals surface area contributed by atoms with Crippen LogP contribution in [0.1, 0.15) is 32.1 Å². The molecule has 0 spiro atoms. The highest BCUT2D eigenvalue weighted by atomic mass is 16.4. The predicted molar refractivity (Wildman–Crippen MR) is 64.9 cm³/mol. The quantitative estimate of drug-likeness (QED) is 0.797. The Bertz CT molecular complexity index is 300. The normalized spacial score (nSPS) is 41.2. The van der Waals surface area contributed by atoms with Gasteiger partial charge in [-0.3, -0.25) is 14.6 Å². The zero-order chi connectivity index (χ0) is 11.8. The van der Waals surface area contributed by atoms with E-state index in [9.17, 15) is 4.79 Å². The van der Waals surface area contributed by atoms with Crippen molar-refractivity contribution in [3.8, 4) is 0 Å². The van der Waals surface area contributed by atoms with Gasteiger partial charge in [-0.25, -0.2) is 0 Å². The number of nitrogens with zero attached hydrogens (tertiary/aromatic N) is 2. The van der Waals surface area contributed by atoms with Crippen molar-refractivity contribution in [3.63, 3.8) is 0 Å². The van der Waals surface area contributed by atoms with E-state index < -0.39 is 5.97 Å². The van der Waals surface area contributed by atoms with E-state index in [2.05, 4.69) is 9.80 Å². The van der Waals surface area contributed by atoms with E-state index in [1.807, 2.05) is 0 Å². The average molecular weight is 238 g/mol. The molecule has 4 fully saturated rings. The summed E-state index contributed by atoms with van der Waals surface area (Å²) < 4.78 is 0. The van der Waals surface area contributed by atoms with Crippen LogP contribution in [0.3, 0.4) is 0 Å². The third-order valence-corrected chi connectivity index (χ3v) is 4.90. The molecule has 4 aliphatic rings. The summed E-state index contributed by atoms with van der Waals surface area (Å²) in [7, 11) is 0. The molecule has 4 heterocycles. The van der Waals surface area contributed by atoms with E-state index in [1.165, 1.54) is 38.8 Å².